The van der Waals surface area contributed by atoms with Crippen LogP contribution in [0, 0.1) is 5.92 Å². The summed E-state index contributed by atoms with van der Waals surface area (Å²) in [6, 6.07) is 1.64. The Morgan fingerprint density at radius 2 is 2.15 bits per heavy atom. The van der Waals surface area contributed by atoms with Crippen molar-refractivity contribution in [3.8, 4) is 0 Å². The molecule has 0 fully saturated rings. The van der Waals surface area contributed by atoms with Gasteiger partial charge in [-0.25, -0.2) is 0 Å². The van der Waals surface area contributed by atoms with Crippen LogP contribution in [0.2, 0.25) is 0 Å². The smallest absolute Gasteiger partial charge is 0.323 e. The third kappa shape index (κ3) is 4.96. The molecule has 0 spiro atoms. The number of hydrogen-bond acceptors (Lipinski definition) is 4. The van der Waals surface area contributed by atoms with Crippen LogP contribution in [-0.4, -0.2) is 27.4 Å². The second-order valence-corrected chi connectivity index (χ2v) is 6.22. The molecule has 1 rings (SSSR count). The summed E-state index contributed by atoms with van der Waals surface area (Å²) < 4.78 is 7.30. The fourth-order valence-corrected chi connectivity index (χ4v) is 1.91. The van der Waals surface area contributed by atoms with Gasteiger partial charge < -0.3 is 4.74 Å². The molecule has 1 N–H and O–H groups in total. The van der Waals surface area contributed by atoms with Crippen molar-refractivity contribution >= 4 is 5.97 Å². The molecule has 5 heteroatoms. The topological polar surface area (TPSA) is 56.2 Å². The predicted octanol–water partition coefficient (Wildman–Crippen LogP) is 2.27. The highest BCUT2D eigenvalue weighted by molar-refractivity contribution is 5.76. The first-order chi connectivity index (χ1) is 9.24. The lowest BCUT2D eigenvalue weighted by Gasteiger charge is -2.27. The van der Waals surface area contributed by atoms with E-state index in [4.69, 9.17) is 4.74 Å². The van der Waals surface area contributed by atoms with Crippen LogP contribution in [0.3, 0.4) is 0 Å². The Hall–Kier alpha value is -1.36. The number of esters is 1. The minimum atomic E-state index is -0.461. The maximum absolute atomic E-state index is 12.3. The van der Waals surface area contributed by atoms with Crippen LogP contribution in [0.1, 0.15) is 46.7 Å². The quantitative estimate of drug-likeness (QED) is 0.813. The van der Waals surface area contributed by atoms with Crippen LogP contribution in [0.25, 0.3) is 0 Å². The van der Waals surface area contributed by atoms with E-state index in [9.17, 15) is 4.79 Å². The van der Waals surface area contributed by atoms with E-state index < -0.39 is 5.60 Å². The number of hydrogen-bond donors (Lipinski definition) is 1. The standard InChI is InChI=1S/C15H27N3O2/c1-7-11(2)13(14(19)20-15(3,4)5)16-10-12-8-9-17-18(12)6/h8-9,11,13,16H,7,10H2,1-6H3/t11-,13-/m0/s1. The number of nitrogens with one attached hydrogen (secondary N) is 1. The minimum Gasteiger partial charge on any atom is -0.459 e. The van der Waals surface area contributed by atoms with Gasteiger partial charge in [-0.05, 0) is 32.8 Å². The van der Waals surface area contributed by atoms with Crippen molar-refractivity contribution < 1.29 is 9.53 Å². The number of nitrogens with zero attached hydrogens (tertiary/aromatic N) is 2. The average Bonchev–Trinajstić information content (AvgIpc) is 2.72. The van der Waals surface area contributed by atoms with E-state index in [-0.39, 0.29) is 17.9 Å². The van der Waals surface area contributed by atoms with Gasteiger partial charge in [0.15, 0.2) is 0 Å². The van der Waals surface area contributed by atoms with Gasteiger partial charge in [0, 0.05) is 19.8 Å². The van der Waals surface area contributed by atoms with Crippen molar-refractivity contribution in [2.75, 3.05) is 0 Å². The Morgan fingerprint density at radius 3 is 2.60 bits per heavy atom. The molecule has 0 unspecified atom stereocenters. The monoisotopic (exact) mass is 281 g/mol. The van der Waals surface area contributed by atoms with Gasteiger partial charge in [-0.15, -0.1) is 0 Å². The number of ether oxygens (including phenoxy) is 1. The Bertz CT molecular complexity index is 435. The molecule has 0 aliphatic heterocycles. The first-order valence-electron chi connectivity index (χ1n) is 7.17. The predicted molar refractivity (Wildman–Crippen MR) is 79.1 cm³/mol. The third-order valence-corrected chi connectivity index (χ3v) is 3.30. The van der Waals surface area contributed by atoms with Crippen LogP contribution >= 0.6 is 0 Å². The zero-order valence-electron chi connectivity index (χ0n) is 13.4. The van der Waals surface area contributed by atoms with Crippen molar-refractivity contribution in [2.45, 2.75) is 59.2 Å². The summed E-state index contributed by atoms with van der Waals surface area (Å²) in [7, 11) is 1.89. The van der Waals surface area contributed by atoms with Crippen LogP contribution in [0.4, 0.5) is 0 Å². The second kappa shape index (κ2) is 6.88. The maximum atomic E-state index is 12.3. The lowest BCUT2D eigenvalue weighted by molar-refractivity contribution is -0.159. The molecule has 0 radical (unpaired) electrons. The first-order valence-corrected chi connectivity index (χ1v) is 7.17. The summed E-state index contributed by atoms with van der Waals surface area (Å²) in [5.41, 5.74) is 0.582. The molecule has 1 aromatic heterocycles. The van der Waals surface area contributed by atoms with E-state index >= 15 is 0 Å². The zero-order valence-corrected chi connectivity index (χ0v) is 13.4. The molecular weight excluding hydrogens is 254 g/mol. The molecule has 0 aliphatic rings. The van der Waals surface area contributed by atoms with E-state index in [2.05, 4.69) is 24.3 Å². The van der Waals surface area contributed by atoms with E-state index in [1.807, 2.05) is 33.9 Å². The highest BCUT2D eigenvalue weighted by Gasteiger charge is 2.28. The molecule has 2 atom stereocenters. The number of aryl methyl sites for hydroxylation is 1. The highest BCUT2D eigenvalue weighted by Crippen LogP contribution is 2.15. The number of rotatable bonds is 6. The Labute approximate surface area is 121 Å². The van der Waals surface area contributed by atoms with Gasteiger partial charge in [-0.2, -0.15) is 5.10 Å². The highest BCUT2D eigenvalue weighted by atomic mass is 16.6. The van der Waals surface area contributed by atoms with Crippen LogP contribution in [0.5, 0.6) is 0 Å². The molecule has 1 heterocycles. The maximum Gasteiger partial charge on any atom is 0.323 e. The lowest BCUT2D eigenvalue weighted by Crippen LogP contribution is -2.45. The molecule has 0 amide bonds. The van der Waals surface area contributed by atoms with E-state index in [0.29, 0.717) is 6.54 Å². The Balaban J connectivity index is 2.70. The molecule has 0 saturated heterocycles. The first kappa shape index (κ1) is 16.7. The van der Waals surface area contributed by atoms with Gasteiger partial charge in [0.05, 0.1) is 5.69 Å². The summed E-state index contributed by atoms with van der Waals surface area (Å²) in [6.07, 6.45) is 2.67. The van der Waals surface area contributed by atoms with Crippen molar-refractivity contribution in [1.82, 2.24) is 15.1 Å². The normalized spacial score (nSPS) is 14.9. The SMILES string of the molecule is CC[C@H](C)[C@H](NCc1ccnn1C)C(=O)OC(C)(C)C. The largest absolute Gasteiger partial charge is 0.459 e. The van der Waals surface area contributed by atoms with Crippen molar-refractivity contribution in [3.05, 3.63) is 18.0 Å². The van der Waals surface area contributed by atoms with Crippen molar-refractivity contribution in [2.24, 2.45) is 13.0 Å². The van der Waals surface area contributed by atoms with Gasteiger partial charge in [0.1, 0.15) is 11.6 Å². The second-order valence-electron chi connectivity index (χ2n) is 6.22. The summed E-state index contributed by atoms with van der Waals surface area (Å²) in [5.74, 6) is 0.0343. The zero-order chi connectivity index (χ0) is 15.3. The molecule has 0 aliphatic carbocycles. The third-order valence-electron chi connectivity index (χ3n) is 3.30. The summed E-state index contributed by atoms with van der Waals surface area (Å²) >= 11 is 0. The van der Waals surface area contributed by atoms with Crippen molar-refractivity contribution in [1.29, 1.82) is 0 Å². The Morgan fingerprint density at radius 1 is 1.50 bits per heavy atom. The number of carbonyl (C=O) groups excluding carboxylic acids is 1. The van der Waals surface area contributed by atoms with E-state index in [1.165, 1.54) is 0 Å². The van der Waals surface area contributed by atoms with Crippen LogP contribution < -0.4 is 5.32 Å². The van der Waals surface area contributed by atoms with Crippen LogP contribution in [-0.2, 0) is 23.1 Å². The van der Waals surface area contributed by atoms with Crippen molar-refractivity contribution in [3.63, 3.8) is 0 Å². The number of carbonyl (C=O) groups is 1. The van der Waals surface area contributed by atoms with Gasteiger partial charge in [-0.3, -0.25) is 14.8 Å². The molecule has 5 nitrogen and oxygen atoms in total. The van der Waals surface area contributed by atoms with E-state index in [1.54, 1.807) is 10.9 Å². The number of aromatic nitrogens is 2. The summed E-state index contributed by atoms with van der Waals surface area (Å²) in [4.78, 5) is 12.3. The molecule has 0 aromatic carbocycles. The average molecular weight is 281 g/mol. The van der Waals surface area contributed by atoms with Gasteiger partial charge in [0.25, 0.3) is 0 Å². The summed E-state index contributed by atoms with van der Waals surface area (Å²) in [6.45, 7) is 10.4. The molecule has 1 aromatic rings. The fraction of sp³-hybridized carbons (Fsp3) is 0.733. The Kier molecular flexibility index (Phi) is 5.74. The minimum absolute atomic E-state index is 0.186. The fourth-order valence-electron chi connectivity index (χ4n) is 1.91. The van der Waals surface area contributed by atoms with Gasteiger partial charge in [0.2, 0.25) is 0 Å². The van der Waals surface area contributed by atoms with Gasteiger partial charge in [-0.1, -0.05) is 20.3 Å². The molecule has 0 saturated carbocycles. The summed E-state index contributed by atoms with van der Waals surface area (Å²) in [5, 5.41) is 7.42. The molecule has 20 heavy (non-hydrogen) atoms. The van der Waals surface area contributed by atoms with E-state index in [0.717, 1.165) is 12.1 Å². The molecular formula is C15H27N3O2. The van der Waals surface area contributed by atoms with Crippen LogP contribution in [0.15, 0.2) is 12.3 Å². The molecule has 0 bridgehead atoms. The molecule has 114 valence electrons. The lowest BCUT2D eigenvalue weighted by atomic mass is 9.99. The van der Waals surface area contributed by atoms with Gasteiger partial charge >= 0.3 is 5.97 Å².